The van der Waals surface area contributed by atoms with Crippen LogP contribution in [-0.2, 0) is 6.54 Å². The molecule has 0 aliphatic rings. The van der Waals surface area contributed by atoms with E-state index in [0.29, 0.717) is 5.82 Å². The number of aryl methyl sites for hydroxylation is 1. The average molecular weight is 274 g/mol. The van der Waals surface area contributed by atoms with Gasteiger partial charge in [0.1, 0.15) is 17.5 Å². The number of anilines is 1. The molecule has 0 saturated heterocycles. The van der Waals surface area contributed by atoms with Crippen LogP contribution in [0.5, 0.6) is 0 Å². The minimum Gasteiger partial charge on any atom is -0.366 e. The van der Waals surface area contributed by atoms with Crippen LogP contribution in [0.4, 0.5) is 14.6 Å². The van der Waals surface area contributed by atoms with Crippen LogP contribution in [0, 0.1) is 18.6 Å². The standard InChI is InChI=1S/C14H12F2N4/c1-9-7-18-20-5-4-13(19-14(9)20)17-8-10-6-11(15)2-3-12(10)16/h2-7H,8H2,1H3,(H,17,19). The number of nitrogens with one attached hydrogen (secondary N) is 1. The molecule has 2 aromatic heterocycles. The van der Waals surface area contributed by atoms with Crippen molar-refractivity contribution in [1.29, 1.82) is 0 Å². The van der Waals surface area contributed by atoms with Crippen molar-refractivity contribution in [2.45, 2.75) is 13.5 Å². The Morgan fingerprint density at radius 2 is 2.10 bits per heavy atom. The SMILES string of the molecule is Cc1cnn2ccc(NCc3cc(F)ccc3F)nc12. The second-order valence-electron chi connectivity index (χ2n) is 4.50. The Morgan fingerprint density at radius 1 is 1.25 bits per heavy atom. The van der Waals surface area contributed by atoms with Gasteiger partial charge in [-0.2, -0.15) is 5.10 Å². The molecule has 0 spiro atoms. The van der Waals surface area contributed by atoms with E-state index in [2.05, 4.69) is 15.4 Å². The highest BCUT2D eigenvalue weighted by atomic mass is 19.1. The Bertz CT molecular complexity index is 767. The Kier molecular flexibility index (Phi) is 3.06. The smallest absolute Gasteiger partial charge is 0.160 e. The van der Waals surface area contributed by atoms with Crippen molar-refractivity contribution in [3.8, 4) is 0 Å². The number of benzene rings is 1. The molecule has 3 aromatic rings. The second-order valence-corrected chi connectivity index (χ2v) is 4.50. The van der Waals surface area contributed by atoms with Gasteiger partial charge in [0.15, 0.2) is 5.65 Å². The molecule has 20 heavy (non-hydrogen) atoms. The van der Waals surface area contributed by atoms with Crippen LogP contribution in [0.25, 0.3) is 5.65 Å². The molecule has 1 N–H and O–H groups in total. The van der Waals surface area contributed by atoms with Gasteiger partial charge >= 0.3 is 0 Å². The van der Waals surface area contributed by atoms with E-state index >= 15 is 0 Å². The summed E-state index contributed by atoms with van der Waals surface area (Å²) in [5, 5.41) is 7.10. The lowest BCUT2D eigenvalue weighted by molar-refractivity contribution is 0.587. The number of rotatable bonds is 3. The summed E-state index contributed by atoms with van der Waals surface area (Å²) < 4.78 is 28.2. The maximum Gasteiger partial charge on any atom is 0.160 e. The predicted octanol–water partition coefficient (Wildman–Crippen LogP) is 2.93. The third kappa shape index (κ3) is 2.32. The summed E-state index contributed by atoms with van der Waals surface area (Å²) in [6, 6.07) is 5.12. The zero-order valence-corrected chi connectivity index (χ0v) is 10.8. The zero-order valence-electron chi connectivity index (χ0n) is 10.8. The van der Waals surface area contributed by atoms with Crippen molar-refractivity contribution in [2.75, 3.05) is 5.32 Å². The van der Waals surface area contributed by atoms with E-state index < -0.39 is 11.6 Å². The lowest BCUT2D eigenvalue weighted by Crippen LogP contribution is -2.05. The quantitative estimate of drug-likeness (QED) is 0.798. The van der Waals surface area contributed by atoms with Gasteiger partial charge in [0.05, 0.1) is 6.20 Å². The first-order chi connectivity index (χ1) is 9.63. The van der Waals surface area contributed by atoms with Gasteiger partial charge in [-0.05, 0) is 31.2 Å². The molecule has 0 unspecified atom stereocenters. The van der Waals surface area contributed by atoms with Crippen LogP contribution in [0.3, 0.4) is 0 Å². The zero-order chi connectivity index (χ0) is 14.1. The highest BCUT2D eigenvalue weighted by Gasteiger charge is 2.06. The van der Waals surface area contributed by atoms with Crippen molar-refractivity contribution in [1.82, 2.24) is 14.6 Å². The molecule has 3 rings (SSSR count). The van der Waals surface area contributed by atoms with Gasteiger partial charge in [0.2, 0.25) is 0 Å². The number of nitrogens with zero attached hydrogens (tertiary/aromatic N) is 3. The Labute approximate surface area is 114 Å². The first-order valence-corrected chi connectivity index (χ1v) is 6.12. The summed E-state index contributed by atoms with van der Waals surface area (Å²) in [6.45, 7) is 2.07. The Hall–Kier alpha value is -2.50. The monoisotopic (exact) mass is 274 g/mol. The topological polar surface area (TPSA) is 42.2 Å². The summed E-state index contributed by atoms with van der Waals surface area (Å²) in [7, 11) is 0. The second kappa shape index (κ2) is 4.88. The normalized spacial score (nSPS) is 10.9. The summed E-state index contributed by atoms with van der Waals surface area (Å²) >= 11 is 0. The minimum atomic E-state index is -0.460. The van der Waals surface area contributed by atoms with Crippen LogP contribution in [-0.4, -0.2) is 14.6 Å². The Morgan fingerprint density at radius 3 is 2.95 bits per heavy atom. The molecule has 2 heterocycles. The van der Waals surface area contributed by atoms with Gasteiger partial charge in [-0.15, -0.1) is 0 Å². The molecule has 0 bridgehead atoms. The number of hydrogen-bond donors (Lipinski definition) is 1. The fraction of sp³-hybridized carbons (Fsp3) is 0.143. The number of aromatic nitrogens is 3. The highest BCUT2D eigenvalue weighted by molar-refractivity contribution is 5.51. The van der Waals surface area contributed by atoms with Gasteiger partial charge in [0, 0.05) is 23.9 Å². The van der Waals surface area contributed by atoms with Gasteiger partial charge in [0.25, 0.3) is 0 Å². The number of fused-ring (bicyclic) bond motifs is 1. The lowest BCUT2D eigenvalue weighted by Gasteiger charge is -2.07. The van der Waals surface area contributed by atoms with Crippen molar-refractivity contribution in [3.05, 3.63) is 59.4 Å². The molecule has 0 saturated carbocycles. The maximum absolute atomic E-state index is 13.5. The summed E-state index contributed by atoms with van der Waals surface area (Å²) in [6.07, 6.45) is 3.48. The molecule has 0 fully saturated rings. The maximum atomic E-state index is 13.5. The molecule has 4 nitrogen and oxygen atoms in total. The molecule has 1 aromatic carbocycles. The first-order valence-electron chi connectivity index (χ1n) is 6.12. The molecule has 0 radical (unpaired) electrons. The van der Waals surface area contributed by atoms with Gasteiger partial charge < -0.3 is 5.32 Å². The summed E-state index contributed by atoms with van der Waals surface area (Å²) in [5.74, 6) is -0.316. The van der Waals surface area contributed by atoms with Crippen LogP contribution >= 0.6 is 0 Å². The van der Waals surface area contributed by atoms with Crippen molar-refractivity contribution in [3.63, 3.8) is 0 Å². The molecule has 0 aliphatic carbocycles. The van der Waals surface area contributed by atoms with Crippen molar-refractivity contribution < 1.29 is 8.78 Å². The molecule has 0 amide bonds. The fourth-order valence-electron chi connectivity index (χ4n) is 1.95. The van der Waals surface area contributed by atoms with Gasteiger partial charge in [-0.25, -0.2) is 18.3 Å². The highest BCUT2D eigenvalue weighted by Crippen LogP contribution is 2.14. The molecular weight excluding hydrogens is 262 g/mol. The van der Waals surface area contributed by atoms with Gasteiger partial charge in [-0.3, -0.25) is 0 Å². The lowest BCUT2D eigenvalue weighted by atomic mass is 10.2. The third-order valence-electron chi connectivity index (χ3n) is 3.01. The van der Waals surface area contributed by atoms with Crippen molar-refractivity contribution >= 4 is 11.5 Å². The number of hydrogen-bond acceptors (Lipinski definition) is 3. The van der Waals surface area contributed by atoms with Crippen molar-refractivity contribution in [2.24, 2.45) is 0 Å². The number of halogens is 2. The van der Waals surface area contributed by atoms with Crippen LogP contribution in [0.1, 0.15) is 11.1 Å². The summed E-state index contributed by atoms with van der Waals surface area (Å²) in [5.41, 5.74) is 1.94. The van der Waals surface area contributed by atoms with E-state index in [4.69, 9.17) is 0 Å². The van der Waals surface area contributed by atoms with Crippen LogP contribution in [0.2, 0.25) is 0 Å². The van der Waals surface area contributed by atoms with Gasteiger partial charge in [-0.1, -0.05) is 0 Å². The average Bonchev–Trinajstić information content (AvgIpc) is 2.81. The van der Waals surface area contributed by atoms with E-state index in [-0.39, 0.29) is 12.1 Å². The molecule has 6 heteroatoms. The first kappa shape index (κ1) is 12.5. The largest absolute Gasteiger partial charge is 0.366 e. The van der Waals surface area contributed by atoms with E-state index in [1.165, 1.54) is 6.07 Å². The molecule has 0 atom stereocenters. The molecule has 102 valence electrons. The fourth-order valence-corrected chi connectivity index (χ4v) is 1.95. The molecule has 0 aliphatic heterocycles. The van der Waals surface area contributed by atoms with Crippen LogP contribution in [0.15, 0.2) is 36.7 Å². The molecular formula is C14H12F2N4. The third-order valence-corrected chi connectivity index (χ3v) is 3.01. The minimum absolute atomic E-state index is 0.167. The Balaban J connectivity index is 1.82. The van der Waals surface area contributed by atoms with E-state index in [0.717, 1.165) is 23.3 Å². The van der Waals surface area contributed by atoms with E-state index in [9.17, 15) is 8.78 Å². The summed E-state index contributed by atoms with van der Waals surface area (Å²) in [4.78, 5) is 4.38. The predicted molar refractivity (Wildman–Crippen MR) is 71.4 cm³/mol. The van der Waals surface area contributed by atoms with Crippen LogP contribution < -0.4 is 5.32 Å². The van der Waals surface area contributed by atoms with E-state index in [1.54, 1.807) is 23.0 Å². The van der Waals surface area contributed by atoms with E-state index in [1.807, 2.05) is 6.92 Å².